The first-order valence-corrected chi connectivity index (χ1v) is 6.70. The molecule has 5 heteroatoms. The molecule has 0 bridgehead atoms. The highest BCUT2D eigenvalue weighted by Crippen LogP contribution is 2.21. The van der Waals surface area contributed by atoms with Crippen LogP contribution in [0.1, 0.15) is 20.3 Å². The lowest BCUT2D eigenvalue weighted by Gasteiger charge is -2.34. The fourth-order valence-corrected chi connectivity index (χ4v) is 2.50. The second-order valence-electron chi connectivity index (χ2n) is 5.30. The zero-order chi connectivity index (χ0) is 14.3. The number of rotatable bonds is 5. The van der Waals surface area contributed by atoms with E-state index in [2.05, 4.69) is 24.1 Å². The second kappa shape index (κ2) is 7.80. The predicted molar refractivity (Wildman–Crippen MR) is 73.1 cm³/mol. The molecule has 1 rings (SSSR count). The molecule has 0 aromatic carbocycles. The number of hydrogen-bond donors (Lipinski definition) is 1. The Morgan fingerprint density at radius 3 is 2.63 bits per heavy atom. The summed E-state index contributed by atoms with van der Waals surface area (Å²) in [5.41, 5.74) is 0.164. The van der Waals surface area contributed by atoms with Crippen molar-refractivity contribution in [2.45, 2.75) is 20.3 Å². The van der Waals surface area contributed by atoms with Crippen molar-refractivity contribution in [2.75, 3.05) is 33.4 Å². The summed E-state index contributed by atoms with van der Waals surface area (Å²) in [5.74, 6) is 0.860. The molecule has 106 valence electrons. The molecule has 1 aliphatic heterocycles. The van der Waals surface area contributed by atoms with Gasteiger partial charge < -0.3 is 15.0 Å². The van der Waals surface area contributed by atoms with Gasteiger partial charge in [-0.3, -0.25) is 4.79 Å². The van der Waals surface area contributed by atoms with E-state index in [0.717, 1.165) is 13.1 Å². The van der Waals surface area contributed by atoms with Crippen molar-refractivity contribution in [3.05, 3.63) is 11.8 Å². The summed E-state index contributed by atoms with van der Waals surface area (Å²) in [7, 11) is 1.57. The van der Waals surface area contributed by atoms with E-state index < -0.39 is 0 Å². The van der Waals surface area contributed by atoms with E-state index in [9.17, 15) is 4.79 Å². The minimum Gasteiger partial charge on any atom is -0.383 e. The Balaban J connectivity index is 2.60. The average Bonchev–Trinajstić information content (AvgIpc) is 2.35. The summed E-state index contributed by atoms with van der Waals surface area (Å²) in [4.78, 5) is 13.9. The van der Waals surface area contributed by atoms with Gasteiger partial charge in [0.05, 0.1) is 6.61 Å². The molecule has 0 radical (unpaired) electrons. The van der Waals surface area contributed by atoms with E-state index in [1.54, 1.807) is 13.3 Å². The molecule has 1 heterocycles. The van der Waals surface area contributed by atoms with Crippen LogP contribution in [0.4, 0.5) is 0 Å². The normalized spacial score (nSPS) is 23.9. The van der Waals surface area contributed by atoms with Gasteiger partial charge in [0.15, 0.2) is 0 Å². The van der Waals surface area contributed by atoms with Crippen LogP contribution in [0, 0.1) is 23.2 Å². The molecule has 19 heavy (non-hydrogen) atoms. The Morgan fingerprint density at radius 2 is 2.11 bits per heavy atom. The van der Waals surface area contributed by atoms with Gasteiger partial charge in [-0.15, -0.1) is 0 Å². The number of hydrogen-bond acceptors (Lipinski definition) is 4. The lowest BCUT2D eigenvalue weighted by atomic mass is 9.92. The van der Waals surface area contributed by atoms with Crippen molar-refractivity contribution in [3.8, 4) is 6.07 Å². The highest BCUT2D eigenvalue weighted by molar-refractivity contribution is 5.97. The zero-order valence-electron chi connectivity index (χ0n) is 12.0. The number of carbonyl (C=O) groups is 1. The molecular formula is C14H23N3O2. The molecule has 1 aliphatic rings. The van der Waals surface area contributed by atoms with E-state index >= 15 is 0 Å². The Hall–Kier alpha value is -1.54. The van der Waals surface area contributed by atoms with Gasteiger partial charge in [0.2, 0.25) is 0 Å². The Morgan fingerprint density at radius 1 is 1.47 bits per heavy atom. The first kappa shape index (κ1) is 15.5. The highest BCUT2D eigenvalue weighted by atomic mass is 16.5. The van der Waals surface area contributed by atoms with E-state index in [1.807, 2.05) is 6.07 Å². The number of piperidine rings is 1. The topological polar surface area (TPSA) is 65.4 Å². The van der Waals surface area contributed by atoms with Gasteiger partial charge >= 0.3 is 0 Å². The van der Waals surface area contributed by atoms with Gasteiger partial charge in [0.1, 0.15) is 11.6 Å². The van der Waals surface area contributed by atoms with Crippen LogP contribution >= 0.6 is 0 Å². The van der Waals surface area contributed by atoms with Gasteiger partial charge in [-0.2, -0.15) is 5.26 Å². The van der Waals surface area contributed by atoms with Crippen LogP contribution < -0.4 is 5.32 Å². The van der Waals surface area contributed by atoms with Crippen molar-refractivity contribution in [2.24, 2.45) is 11.8 Å². The quantitative estimate of drug-likeness (QED) is 0.460. The summed E-state index contributed by atoms with van der Waals surface area (Å²) in [6.45, 7) is 7.06. The molecule has 0 spiro atoms. The number of nitrogens with one attached hydrogen (secondary N) is 1. The lowest BCUT2D eigenvalue weighted by molar-refractivity contribution is -0.117. The molecule has 0 aliphatic carbocycles. The number of nitriles is 1. The number of nitrogens with zero attached hydrogens (tertiary/aromatic N) is 2. The number of likely N-dealkylation sites (tertiary alicyclic amines) is 1. The minimum absolute atomic E-state index is 0.164. The molecular weight excluding hydrogens is 242 g/mol. The number of carbonyl (C=O) groups excluding carboxylic acids is 1. The fourth-order valence-electron chi connectivity index (χ4n) is 2.50. The maximum atomic E-state index is 11.8. The highest BCUT2D eigenvalue weighted by Gasteiger charge is 2.21. The van der Waals surface area contributed by atoms with Crippen LogP contribution in [0.15, 0.2) is 11.8 Å². The third kappa shape index (κ3) is 5.31. The van der Waals surface area contributed by atoms with E-state index in [4.69, 9.17) is 10.00 Å². The molecule has 1 amide bonds. The largest absolute Gasteiger partial charge is 0.383 e. The Kier molecular flexibility index (Phi) is 6.37. The van der Waals surface area contributed by atoms with Crippen LogP contribution in [0.25, 0.3) is 0 Å². The van der Waals surface area contributed by atoms with Gasteiger partial charge in [-0.25, -0.2) is 0 Å². The summed E-state index contributed by atoms with van der Waals surface area (Å²) < 4.78 is 4.86. The molecule has 2 unspecified atom stereocenters. The number of ether oxygens (including phenoxy) is 1. The third-order valence-corrected chi connectivity index (χ3v) is 3.17. The summed E-state index contributed by atoms with van der Waals surface area (Å²) >= 11 is 0. The molecule has 0 aromatic rings. The first-order chi connectivity index (χ1) is 9.06. The molecule has 1 saturated heterocycles. The molecule has 1 N–H and O–H groups in total. The SMILES string of the molecule is COCCNC(=O)/C(C#N)=C\N1CC(C)CC(C)C1. The maximum Gasteiger partial charge on any atom is 0.263 e. The van der Waals surface area contributed by atoms with Crippen molar-refractivity contribution in [1.29, 1.82) is 5.26 Å². The van der Waals surface area contributed by atoms with E-state index in [-0.39, 0.29) is 11.5 Å². The van der Waals surface area contributed by atoms with Crippen LogP contribution in [0.5, 0.6) is 0 Å². The lowest BCUT2D eigenvalue weighted by Crippen LogP contribution is -2.36. The molecule has 0 saturated carbocycles. The maximum absolute atomic E-state index is 11.8. The molecule has 2 atom stereocenters. The first-order valence-electron chi connectivity index (χ1n) is 6.70. The monoisotopic (exact) mass is 265 g/mol. The number of methoxy groups -OCH3 is 1. The molecule has 5 nitrogen and oxygen atoms in total. The zero-order valence-corrected chi connectivity index (χ0v) is 12.0. The Bertz CT molecular complexity index is 363. The molecule has 0 aromatic heterocycles. The predicted octanol–water partition coefficient (Wildman–Crippen LogP) is 1.13. The summed E-state index contributed by atoms with van der Waals surface area (Å²) in [6, 6.07) is 1.97. The van der Waals surface area contributed by atoms with Crippen molar-refractivity contribution >= 4 is 5.91 Å². The standard InChI is InChI=1S/C14H23N3O2/c1-11-6-12(2)9-17(8-11)10-13(7-15)14(18)16-4-5-19-3/h10-12H,4-6,8-9H2,1-3H3,(H,16,18)/b13-10-. The van der Waals surface area contributed by atoms with Gasteiger partial charge in [0, 0.05) is 32.9 Å². The minimum atomic E-state index is -0.328. The Labute approximate surface area is 115 Å². The van der Waals surface area contributed by atoms with Gasteiger partial charge in [-0.1, -0.05) is 13.8 Å². The smallest absolute Gasteiger partial charge is 0.263 e. The van der Waals surface area contributed by atoms with Crippen LogP contribution in [0.2, 0.25) is 0 Å². The van der Waals surface area contributed by atoms with E-state index in [1.165, 1.54) is 6.42 Å². The van der Waals surface area contributed by atoms with Crippen molar-refractivity contribution in [3.63, 3.8) is 0 Å². The van der Waals surface area contributed by atoms with Gasteiger partial charge in [-0.05, 0) is 18.3 Å². The fraction of sp³-hybridized carbons (Fsp3) is 0.714. The van der Waals surface area contributed by atoms with Crippen LogP contribution in [-0.2, 0) is 9.53 Å². The average molecular weight is 265 g/mol. The third-order valence-electron chi connectivity index (χ3n) is 3.17. The number of amides is 1. The van der Waals surface area contributed by atoms with Crippen LogP contribution in [-0.4, -0.2) is 44.2 Å². The van der Waals surface area contributed by atoms with Crippen molar-refractivity contribution in [1.82, 2.24) is 10.2 Å². The van der Waals surface area contributed by atoms with Crippen molar-refractivity contribution < 1.29 is 9.53 Å². The van der Waals surface area contributed by atoms with Gasteiger partial charge in [0.25, 0.3) is 5.91 Å². The summed E-state index contributed by atoms with van der Waals surface area (Å²) in [5, 5.41) is 11.7. The van der Waals surface area contributed by atoms with Crippen LogP contribution in [0.3, 0.4) is 0 Å². The second-order valence-corrected chi connectivity index (χ2v) is 5.30. The van der Waals surface area contributed by atoms with E-state index in [0.29, 0.717) is 25.0 Å². The molecule has 1 fully saturated rings. The summed E-state index contributed by atoms with van der Waals surface area (Å²) in [6.07, 6.45) is 2.89.